The molecule has 0 radical (unpaired) electrons. The van der Waals surface area contributed by atoms with Crippen molar-refractivity contribution in [2.24, 2.45) is 7.05 Å². The van der Waals surface area contributed by atoms with Crippen LogP contribution in [0.15, 0.2) is 48.7 Å². The van der Waals surface area contributed by atoms with Crippen molar-refractivity contribution < 1.29 is 4.57 Å². The summed E-state index contributed by atoms with van der Waals surface area (Å²) < 4.78 is 4.64. The van der Waals surface area contributed by atoms with Crippen molar-refractivity contribution in [1.29, 1.82) is 0 Å². The SMILES string of the molecule is [C-]#[N+]c1cc2cc[n+](C)c3c4c(C)c(C)cc5c6cc(C(C)C)ccc6n(c(c1)c23)c54. The molecular formula is C28H24N3+. The average molecular weight is 403 g/mol. The quantitative estimate of drug-likeness (QED) is 0.120. The minimum absolute atomic E-state index is 0.478. The Morgan fingerprint density at radius 3 is 2.48 bits per heavy atom. The van der Waals surface area contributed by atoms with Crippen LogP contribution < -0.4 is 4.57 Å². The third kappa shape index (κ3) is 2.20. The Morgan fingerprint density at radius 2 is 1.74 bits per heavy atom. The van der Waals surface area contributed by atoms with Crippen LogP contribution in [0, 0.1) is 20.4 Å². The first-order chi connectivity index (χ1) is 14.9. The number of benzene rings is 3. The van der Waals surface area contributed by atoms with E-state index in [4.69, 9.17) is 6.57 Å². The molecule has 0 amide bonds. The zero-order valence-electron chi connectivity index (χ0n) is 18.5. The molecule has 0 atom stereocenters. The maximum absolute atomic E-state index is 7.67. The maximum atomic E-state index is 7.67. The molecule has 0 aliphatic carbocycles. The molecule has 6 aromatic rings. The van der Waals surface area contributed by atoms with Crippen LogP contribution in [0.1, 0.15) is 36.5 Å². The van der Waals surface area contributed by atoms with Crippen molar-refractivity contribution >= 4 is 54.7 Å². The number of hydrogen-bond donors (Lipinski definition) is 0. The lowest BCUT2D eigenvalue weighted by Crippen LogP contribution is -2.29. The zero-order valence-corrected chi connectivity index (χ0v) is 18.5. The fraction of sp³-hybridized carbons (Fsp3) is 0.214. The topological polar surface area (TPSA) is 12.7 Å². The molecule has 31 heavy (non-hydrogen) atoms. The van der Waals surface area contributed by atoms with Crippen LogP contribution in [0.25, 0.3) is 53.8 Å². The van der Waals surface area contributed by atoms with E-state index in [1.165, 1.54) is 54.8 Å². The van der Waals surface area contributed by atoms with Gasteiger partial charge in [0.25, 0.3) is 0 Å². The number of rotatable bonds is 1. The lowest BCUT2D eigenvalue weighted by molar-refractivity contribution is -0.643. The molecule has 0 saturated heterocycles. The van der Waals surface area contributed by atoms with E-state index in [0.29, 0.717) is 11.6 Å². The number of fused-ring (bicyclic) bond motifs is 5. The lowest BCUT2D eigenvalue weighted by Gasteiger charge is -2.14. The summed E-state index contributed by atoms with van der Waals surface area (Å²) in [5.74, 6) is 0.478. The van der Waals surface area contributed by atoms with Gasteiger partial charge in [0.05, 0.1) is 33.9 Å². The van der Waals surface area contributed by atoms with Crippen LogP contribution in [0.5, 0.6) is 0 Å². The number of aromatic nitrogens is 2. The molecule has 3 heteroatoms. The molecule has 3 aromatic heterocycles. The Labute approximate surface area is 181 Å². The van der Waals surface area contributed by atoms with Gasteiger partial charge in [0, 0.05) is 16.8 Å². The normalized spacial score (nSPS) is 12.3. The zero-order chi connectivity index (χ0) is 21.6. The van der Waals surface area contributed by atoms with E-state index in [1.54, 1.807) is 0 Å². The first kappa shape index (κ1) is 18.2. The van der Waals surface area contributed by atoms with Crippen molar-refractivity contribution in [3.63, 3.8) is 0 Å². The first-order valence-electron chi connectivity index (χ1n) is 10.8. The van der Waals surface area contributed by atoms with Gasteiger partial charge in [-0.3, -0.25) is 0 Å². The van der Waals surface area contributed by atoms with Crippen LogP contribution in [-0.4, -0.2) is 4.40 Å². The Kier molecular flexibility index (Phi) is 3.49. The lowest BCUT2D eigenvalue weighted by atomic mass is 9.96. The van der Waals surface area contributed by atoms with Crippen LogP contribution >= 0.6 is 0 Å². The molecule has 150 valence electrons. The molecular weight excluding hydrogens is 378 g/mol. The van der Waals surface area contributed by atoms with Gasteiger partial charge in [-0.05, 0) is 72.2 Å². The third-order valence-electron chi connectivity index (χ3n) is 7.07. The molecule has 3 heterocycles. The second-order valence-corrected chi connectivity index (χ2v) is 9.17. The predicted octanol–water partition coefficient (Wildman–Crippen LogP) is 7.11. The molecule has 0 bridgehead atoms. The molecule has 0 fully saturated rings. The van der Waals surface area contributed by atoms with Crippen molar-refractivity contribution in [1.82, 2.24) is 4.40 Å². The van der Waals surface area contributed by atoms with Gasteiger partial charge in [0.15, 0.2) is 11.9 Å². The molecule has 3 nitrogen and oxygen atoms in total. The van der Waals surface area contributed by atoms with Crippen molar-refractivity contribution in [2.75, 3.05) is 0 Å². The second-order valence-electron chi connectivity index (χ2n) is 9.17. The molecule has 0 unspecified atom stereocenters. The fourth-order valence-electron chi connectivity index (χ4n) is 5.33. The second kappa shape index (κ2) is 5.95. The molecule has 0 N–H and O–H groups in total. The van der Waals surface area contributed by atoms with Gasteiger partial charge in [-0.15, -0.1) is 0 Å². The molecule has 0 saturated carbocycles. The Hall–Kier alpha value is -3.64. The van der Waals surface area contributed by atoms with Crippen LogP contribution in [0.3, 0.4) is 0 Å². The highest BCUT2D eigenvalue weighted by Crippen LogP contribution is 2.43. The summed E-state index contributed by atoms with van der Waals surface area (Å²) in [6.45, 7) is 16.6. The Bertz CT molecular complexity index is 1740. The molecule has 0 aliphatic heterocycles. The summed E-state index contributed by atoms with van der Waals surface area (Å²) >= 11 is 0. The summed E-state index contributed by atoms with van der Waals surface area (Å²) in [7, 11) is 2.13. The highest BCUT2D eigenvalue weighted by atomic mass is 15.0. The largest absolute Gasteiger partial charge is 0.309 e. The van der Waals surface area contributed by atoms with E-state index in [9.17, 15) is 0 Å². The van der Waals surface area contributed by atoms with E-state index in [-0.39, 0.29) is 0 Å². The molecule has 0 spiro atoms. The number of hydrogen-bond acceptors (Lipinski definition) is 0. The van der Waals surface area contributed by atoms with Gasteiger partial charge >= 0.3 is 0 Å². The van der Waals surface area contributed by atoms with Crippen molar-refractivity contribution in [2.45, 2.75) is 33.6 Å². The van der Waals surface area contributed by atoms with E-state index in [0.717, 1.165) is 10.9 Å². The van der Waals surface area contributed by atoms with Gasteiger partial charge in [0.2, 0.25) is 5.52 Å². The van der Waals surface area contributed by atoms with Crippen LogP contribution in [0.4, 0.5) is 5.69 Å². The number of pyridine rings is 2. The van der Waals surface area contributed by atoms with Crippen molar-refractivity contribution in [3.8, 4) is 0 Å². The monoisotopic (exact) mass is 402 g/mol. The Morgan fingerprint density at radius 1 is 0.935 bits per heavy atom. The van der Waals surface area contributed by atoms with Gasteiger partial charge in [-0.1, -0.05) is 19.9 Å². The fourth-order valence-corrected chi connectivity index (χ4v) is 5.33. The van der Waals surface area contributed by atoms with E-state index in [2.05, 4.69) is 91.2 Å². The smallest absolute Gasteiger partial charge is 0.224 e. The van der Waals surface area contributed by atoms with Gasteiger partial charge in [0.1, 0.15) is 7.05 Å². The highest BCUT2D eigenvalue weighted by Gasteiger charge is 2.25. The van der Waals surface area contributed by atoms with Crippen LogP contribution in [0.2, 0.25) is 0 Å². The number of nitrogens with zero attached hydrogens (tertiary/aromatic N) is 3. The Balaban J connectivity index is 2.06. The van der Waals surface area contributed by atoms with Gasteiger partial charge < -0.3 is 4.40 Å². The summed E-state index contributed by atoms with van der Waals surface area (Å²) in [6, 6.07) is 15.4. The summed E-state index contributed by atoms with van der Waals surface area (Å²) in [5.41, 5.74) is 9.51. The van der Waals surface area contributed by atoms with Gasteiger partial charge in [-0.2, -0.15) is 0 Å². The molecule has 0 aliphatic rings. The predicted molar refractivity (Wildman–Crippen MR) is 130 cm³/mol. The number of aryl methyl sites for hydroxylation is 3. The molecule has 6 rings (SSSR count). The van der Waals surface area contributed by atoms with Crippen molar-refractivity contribution in [3.05, 3.63) is 76.8 Å². The average Bonchev–Trinajstić information content (AvgIpc) is 3.08. The summed E-state index contributed by atoms with van der Waals surface area (Å²) in [5, 5.41) is 6.25. The molecule has 3 aromatic carbocycles. The van der Waals surface area contributed by atoms with Gasteiger partial charge in [-0.25, -0.2) is 9.41 Å². The van der Waals surface area contributed by atoms with E-state index >= 15 is 0 Å². The minimum atomic E-state index is 0.478. The maximum Gasteiger partial charge on any atom is 0.224 e. The highest BCUT2D eigenvalue weighted by molar-refractivity contribution is 6.26. The summed E-state index contributed by atoms with van der Waals surface area (Å²) in [4.78, 5) is 3.79. The van der Waals surface area contributed by atoms with E-state index in [1.807, 2.05) is 6.07 Å². The third-order valence-corrected chi connectivity index (χ3v) is 7.07. The first-order valence-corrected chi connectivity index (χ1v) is 10.8. The standard InChI is InChI=1S/C28H24N3/c1-15(2)18-7-8-23-21(13-18)22-11-16(3)17(4)25-27(22)31(23)24-14-20(29-5)12-19-9-10-30(6)28(25)26(19)24/h7-15H,1-4,6H3/q+1. The van der Waals surface area contributed by atoms with Crippen LogP contribution in [-0.2, 0) is 7.05 Å². The summed E-state index contributed by atoms with van der Waals surface area (Å²) in [6.07, 6.45) is 2.12. The minimum Gasteiger partial charge on any atom is -0.309 e. The van der Waals surface area contributed by atoms with E-state index < -0.39 is 0 Å².